The highest BCUT2D eigenvalue weighted by Crippen LogP contribution is 2.29. The van der Waals surface area contributed by atoms with E-state index in [1.54, 1.807) is 17.0 Å². The van der Waals surface area contributed by atoms with Crippen molar-refractivity contribution in [2.45, 2.75) is 57.2 Å². The summed E-state index contributed by atoms with van der Waals surface area (Å²) in [6.45, 7) is 0.554. The van der Waals surface area contributed by atoms with Gasteiger partial charge < -0.3 is 26.8 Å². The van der Waals surface area contributed by atoms with Crippen molar-refractivity contribution in [1.82, 2.24) is 15.5 Å². The number of nitrogens with two attached hydrogens (primary N) is 2. The minimum absolute atomic E-state index is 0.0230. The van der Waals surface area contributed by atoms with Crippen molar-refractivity contribution >= 4 is 29.4 Å². The van der Waals surface area contributed by atoms with Gasteiger partial charge in [-0.2, -0.15) is 0 Å². The highest BCUT2D eigenvalue weighted by molar-refractivity contribution is 5.91. The van der Waals surface area contributed by atoms with Gasteiger partial charge in [-0.3, -0.25) is 19.7 Å². The second-order valence-corrected chi connectivity index (χ2v) is 8.41. The maximum atomic E-state index is 13.2. The van der Waals surface area contributed by atoms with Gasteiger partial charge in [-0.25, -0.2) is 4.99 Å². The van der Waals surface area contributed by atoms with Gasteiger partial charge in [0.05, 0.1) is 18.3 Å². The van der Waals surface area contributed by atoms with Gasteiger partial charge in [0.15, 0.2) is 5.96 Å². The van der Waals surface area contributed by atoms with Crippen LogP contribution in [0.15, 0.2) is 29.3 Å². The molecule has 10 nitrogen and oxygen atoms in total. The molecular formula is C22H32N6O4. The van der Waals surface area contributed by atoms with Crippen molar-refractivity contribution < 1.29 is 19.5 Å². The first-order chi connectivity index (χ1) is 15.3. The molecule has 0 aromatic heterocycles. The highest BCUT2D eigenvalue weighted by Gasteiger charge is 2.42. The Morgan fingerprint density at radius 2 is 1.78 bits per heavy atom. The van der Waals surface area contributed by atoms with Crippen molar-refractivity contribution in [1.29, 1.82) is 0 Å². The van der Waals surface area contributed by atoms with Gasteiger partial charge in [-0.15, -0.1) is 0 Å². The number of hydrogen-bond acceptors (Lipinski definition) is 5. The molecule has 174 valence electrons. The lowest BCUT2D eigenvalue weighted by molar-refractivity contribution is -0.150. The third-order valence-electron chi connectivity index (χ3n) is 6.13. The fourth-order valence-electron chi connectivity index (χ4n) is 4.37. The molecule has 10 heteroatoms. The fraction of sp³-hybridized carbons (Fsp3) is 0.545. The van der Waals surface area contributed by atoms with Crippen LogP contribution in [0.3, 0.4) is 0 Å². The molecule has 1 saturated heterocycles. The minimum Gasteiger partial charge on any atom is -0.480 e. The standard InChI is InChI=1S/C22H32N6O4/c23-22(24)27-16-8-6-14(7-9-16)12-26-20(31)17-10-11-28(17)21(32)19(25-13-18(29)30)15-4-2-1-3-5-15/h6-9,15,17,19,25H,1-5,10-13H2,(H,26,31)(H,29,30)(H4,23,24,27)/t17-,19+/m0/s1. The van der Waals surface area contributed by atoms with Gasteiger partial charge in [0.25, 0.3) is 0 Å². The van der Waals surface area contributed by atoms with Crippen molar-refractivity contribution in [3.8, 4) is 0 Å². The number of aliphatic imine (C=N–C) groups is 1. The van der Waals surface area contributed by atoms with Gasteiger partial charge in [0, 0.05) is 13.1 Å². The molecule has 0 bridgehead atoms. The van der Waals surface area contributed by atoms with Crippen LogP contribution in [0.4, 0.5) is 5.69 Å². The van der Waals surface area contributed by atoms with E-state index in [1.807, 2.05) is 12.1 Å². The monoisotopic (exact) mass is 444 g/mol. The van der Waals surface area contributed by atoms with Crippen LogP contribution < -0.4 is 22.1 Å². The van der Waals surface area contributed by atoms with E-state index in [4.69, 9.17) is 16.6 Å². The zero-order chi connectivity index (χ0) is 23.1. The van der Waals surface area contributed by atoms with E-state index in [9.17, 15) is 14.4 Å². The second kappa shape index (κ2) is 10.9. The summed E-state index contributed by atoms with van der Waals surface area (Å²) in [5.41, 5.74) is 12.2. The molecule has 2 aliphatic rings. The molecule has 2 amide bonds. The average molecular weight is 445 g/mol. The Morgan fingerprint density at radius 1 is 1.09 bits per heavy atom. The molecule has 1 aromatic carbocycles. The van der Waals surface area contributed by atoms with Crippen LogP contribution in [0.1, 0.15) is 44.1 Å². The molecule has 0 radical (unpaired) electrons. The molecule has 32 heavy (non-hydrogen) atoms. The Labute approximate surface area is 187 Å². The summed E-state index contributed by atoms with van der Waals surface area (Å²) in [6.07, 6.45) is 5.59. The van der Waals surface area contributed by atoms with Crippen LogP contribution in [0, 0.1) is 5.92 Å². The molecule has 1 heterocycles. The molecule has 7 N–H and O–H groups in total. The molecular weight excluding hydrogens is 412 g/mol. The Bertz CT molecular complexity index is 846. The third-order valence-corrected chi connectivity index (χ3v) is 6.13. The van der Waals surface area contributed by atoms with Gasteiger partial charge in [-0.1, -0.05) is 31.4 Å². The number of carbonyl (C=O) groups is 3. The summed E-state index contributed by atoms with van der Waals surface area (Å²) in [5.74, 6) is -1.30. The third kappa shape index (κ3) is 6.19. The van der Waals surface area contributed by atoms with Crippen LogP contribution in [-0.4, -0.2) is 58.9 Å². The van der Waals surface area contributed by atoms with Gasteiger partial charge >= 0.3 is 5.97 Å². The van der Waals surface area contributed by atoms with Crippen LogP contribution >= 0.6 is 0 Å². The fourth-order valence-corrected chi connectivity index (χ4v) is 4.37. The van der Waals surface area contributed by atoms with Crippen molar-refractivity contribution in [2.75, 3.05) is 13.1 Å². The van der Waals surface area contributed by atoms with Gasteiger partial charge in [0.1, 0.15) is 6.04 Å². The first-order valence-electron chi connectivity index (χ1n) is 11.1. The van der Waals surface area contributed by atoms with Crippen molar-refractivity contribution in [2.24, 2.45) is 22.4 Å². The molecule has 1 aliphatic carbocycles. The van der Waals surface area contributed by atoms with E-state index in [-0.39, 0.29) is 30.2 Å². The van der Waals surface area contributed by atoms with E-state index < -0.39 is 18.1 Å². The van der Waals surface area contributed by atoms with Crippen LogP contribution in [0.5, 0.6) is 0 Å². The summed E-state index contributed by atoms with van der Waals surface area (Å²) in [7, 11) is 0. The van der Waals surface area contributed by atoms with Crippen molar-refractivity contribution in [3.63, 3.8) is 0 Å². The first kappa shape index (κ1) is 23.5. The normalized spacial score (nSPS) is 19.5. The number of carboxylic acids is 1. The number of carboxylic acid groups (broad SMARTS) is 1. The Hall–Kier alpha value is -3.14. The predicted octanol–water partition coefficient (Wildman–Crippen LogP) is 0.432. The number of nitrogens with one attached hydrogen (secondary N) is 2. The molecule has 1 aliphatic heterocycles. The smallest absolute Gasteiger partial charge is 0.317 e. The zero-order valence-electron chi connectivity index (χ0n) is 18.1. The lowest BCUT2D eigenvalue weighted by Crippen LogP contribution is -2.63. The van der Waals surface area contributed by atoms with Crippen LogP contribution in [-0.2, 0) is 20.9 Å². The summed E-state index contributed by atoms with van der Waals surface area (Å²) in [6, 6.07) is 6.06. The quantitative estimate of drug-likeness (QED) is 0.272. The van der Waals surface area contributed by atoms with Gasteiger partial charge in [-0.05, 0) is 42.9 Å². The molecule has 2 fully saturated rings. The van der Waals surface area contributed by atoms with Crippen molar-refractivity contribution in [3.05, 3.63) is 29.8 Å². The Balaban J connectivity index is 1.57. The molecule has 3 rings (SSSR count). The zero-order valence-corrected chi connectivity index (χ0v) is 18.1. The SMILES string of the molecule is NC(N)=Nc1ccc(CNC(=O)[C@@H]2CCN2C(=O)[C@H](NCC(=O)O)C2CCCCC2)cc1. The molecule has 2 atom stereocenters. The lowest BCUT2D eigenvalue weighted by atomic mass is 9.82. The number of guanidine groups is 1. The van der Waals surface area contributed by atoms with E-state index >= 15 is 0 Å². The topological polar surface area (TPSA) is 163 Å². The Kier molecular flexibility index (Phi) is 8.04. The van der Waals surface area contributed by atoms with E-state index in [2.05, 4.69) is 15.6 Å². The molecule has 1 aromatic rings. The summed E-state index contributed by atoms with van der Waals surface area (Å²) in [4.78, 5) is 42.5. The lowest BCUT2D eigenvalue weighted by Gasteiger charge is -2.43. The minimum atomic E-state index is -0.998. The predicted molar refractivity (Wildman–Crippen MR) is 120 cm³/mol. The maximum Gasteiger partial charge on any atom is 0.317 e. The van der Waals surface area contributed by atoms with Gasteiger partial charge in [0.2, 0.25) is 11.8 Å². The number of likely N-dealkylation sites (tertiary alicyclic amines) is 1. The molecule has 1 saturated carbocycles. The Morgan fingerprint density at radius 3 is 2.34 bits per heavy atom. The van der Waals surface area contributed by atoms with Crippen LogP contribution in [0.25, 0.3) is 0 Å². The van der Waals surface area contributed by atoms with E-state index in [0.717, 1.165) is 37.7 Å². The number of benzene rings is 1. The largest absolute Gasteiger partial charge is 0.480 e. The highest BCUT2D eigenvalue weighted by atomic mass is 16.4. The van der Waals surface area contributed by atoms with Crippen LogP contribution in [0.2, 0.25) is 0 Å². The summed E-state index contributed by atoms with van der Waals surface area (Å²) in [5, 5.41) is 14.9. The maximum absolute atomic E-state index is 13.2. The van der Waals surface area contributed by atoms with E-state index in [1.165, 1.54) is 0 Å². The second-order valence-electron chi connectivity index (χ2n) is 8.41. The number of rotatable bonds is 9. The summed E-state index contributed by atoms with van der Waals surface area (Å²) >= 11 is 0. The average Bonchev–Trinajstić information content (AvgIpc) is 2.73. The summed E-state index contributed by atoms with van der Waals surface area (Å²) < 4.78 is 0. The number of hydrogen-bond donors (Lipinski definition) is 5. The number of aliphatic carboxylic acids is 1. The molecule has 0 unspecified atom stereocenters. The number of carbonyl (C=O) groups excluding carboxylic acids is 2. The number of nitrogens with zero attached hydrogens (tertiary/aromatic N) is 2. The first-order valence-corrected chi connectivity index (χ1v) is 11.1. The molecule has 0 spiro atoms. The van der Waals surface area contributed by atoms with E-state index in [0.29, 0.717) is 25.2 Å². The number of amides is 2.